The second kappa shape index (κ2) is 8.79. The summed E-state index contributed by atoms with van der Waals surface area (Å²) in [6.45, 7) is 13.1. The minimum absolute atomic E-state index is 0.204. The number of halogens is 1. The van der Waals surface area contributed by atoms with E-state index in [1.165, 1.54) is 0 Å². The number of aryl methyl sites for hydroxylation is 2. The van der Waals surface area contributed by atoms with Crippen molar-refractivity contribution in [2.45, 2.75) is 48.5 Å². The first-order valence-electron chi connectivity index (χ1n) is 10.4. The van der Waals surface area contributed by atoms with Gasteiger partial charge >= 0.3 is 11.9 Å². The van der Waals surface area contributed by atoms with Gasteiger partial charge in [0.25, 0.3) is 0 Å². The van der Waals surface area contributed by atoms with Crippen LogP contribution < -0.4 is 4.74 Å². The number of benzene rings is 3. The van der Waals surface area contributed by atoms with Gasteiger partial charge in [-0.15, -0.1) is 0 Å². The van der Waals surface area contributed by atoms with E-state index < -0.39 is 11.9 Å². The summed E-state index contributed by atoms with van der Waals surface area (Å²) in [6, 6.07) is 9.09. The summed E-state index contributed by atoms with van der Waals surface area (Å²) < 4.78 is 6.03. The number of hydrogen-bond acceptors (Lipinski definition) is 3. The number of carbonyl (C=O) groups is 2. The minimum atomic E-state index is -1.02. The molecule has 0 unspecified atom stereocenters. The highest BCUT2D eigenvalue weighted by Crippen LogP contribution is 2.41. The number of esters is 1. The van der Waals surface area contributed by atoms with Crippen molar-refractivity contribution < 1.29 is 19.4 Å². The Morgan fingerprint density at radius 2 is 1.41 bits per heavy atom. The van der Waals surface area contributed by atoms with Crippen LogP contribution in [-0.2, 0) is 0 Å². The number of carbonyl (C=O) groups excluding carboxylic acids is 1. The first-order chi connectivity index (χ1) is 15.0. The fraction of sp³-hybridized carbons (Fsp3) is 0.259. The largest absolute Gasteiger partial charge is 0.478 e. The normalized spacial score (nSPS) is 10.9. The quantitative estimate of drug-likeness (QED) is 0.340. The molecule has 0 saturated carbocycles. The van der Waals surface area contributed by atoms with Crippen LogP contribution in [0.1, 0.15) is 59.7 Å². The zero-order chi connectivity index (χ0) is 23.9. The molecular formula is C27H27ClO4. The summed E-state index contributed by atoms with van der Waals surface area (Å²) in [7, 11) is 0. The van der Waals surface area contributed by atoms with Gasteiger partial charge in [0, 0.05) is 10.6 Å². The van der Waals surface area contributed by atoms with E-state index in [0.717, 1.165) is 22.3 Å². The third-order valence-corrected chi connectivity index (χ3v) is 6.57. The Hall–Kier alpha value is -3.11. The molecule has 4 nitrogen and oxygen atoms in total. The molecule has 0 aliphatic heterocycles. The first kappa shape index (κ1) is 23.6. The Kier molecular flexibility index (Phi) is 6.47. The predicted molar refractivity (Wildman–Crippen MR) is 128 cm³/mol. The van der Waals surface area contributed by atoms with E-state index >= 15 is 0 Å². The number of rotatable bonds is 4. The lowest BCUT2D eigenvalue weighted by molar-refractivity contribution is 0.0694. The predicted octanol–water partition coefficient (Wildman–Crippen LogP) is 7.08. The van der Waals surface area contributed by atoms with Crippen molar-refractivity contribution in [3.05, 3.63) is 85.4 Å². The van der Waals surface area contributed by atoms with Gasteiger partial charge in [0.2, 0.25) is 0 Å². The van der Waals surface area contributed by atoms with Crippen LogP contribution >= 0.6 is 11.6 Å². The van der Waals surface area contributed by atoms with Gasteiger partial charge in [0.05, 0.1) is 11.1 Å². The lowest BCUT2D eigenvalue weighted by Crippen LogP contribution is -2.16. The molecule has 0 fully saturated rings. The van der Waals surface area contributed by atoms with E-state index in [1.54, 1.807) is 39.0 Å². The molecule has 3 aromatic carbocycles. The van der Waals surface area contributed by atoms with Gasteiger partial charge in [-0.3, -0.25) is 0 Å². The zero-order valence-corrected chi connectivity index (χ0v) is 20.2. The summed E-state index contributed by atoms with van der Waals surface area (Å²) in [5.41, 5.74) is 7.56. The second-order valence-corrected chi connectivity index (χ2v) is 8.73. The molecule has 32 heavy (non-hydrogen) atoms. The van der Waals surface area contributed by atoms with Crippen LogP contribution in [0.25, 0.3) is 11.1 Å². The topological polar surface area (TPSA) is 63.6 Å². The first-order valence-corrected chi connectivity index (χ1v) is 10.8. The molecule has 1 N–H and O–H groups in total. The van der Waals surface area contributed by atoms with E-state index in [0.29, 0.717) is 44.2 Å². The maximum absolute atomic E-state index is 13.4. The van der Waals surface area contributed by atoms with E-state index in [-0.39, 0.29) is 5.56 Å². The molecule has 0 bridgehead atoms. The average molecular weight is 451 g/mol. The summed E-state index contributed by atoms with van der Waals surface area (Å²) in [5.74, 6) is -1.13. The highest BCUT2D eigenvalue weighted by atomic mass is 35.5. The molecule has 0 aromatic heterocycles. The van der Waals surface area contributed by atoms with Crippen molar-refractivity contribution in [1.29, 1.82) is 0 Å². The maximum atomic E-state index is 13.4. The SMILES string of the molecule is Cc1cc(C)c(C(=O)Oc2c(C)c(C)c(C(=O)O)c(C)c2-c2cccc(Cl)c2)c(C)c1C. The third kappa shape index (κ3) is 4.03. The summed E-state index contributed by atoms with van der Waals surface area (Å²) in [4.78, 5) is 25.4. The molecule has 0 radical (unpaired) electrons. The van der Waals surface area contributed by atoms with E-state index in [4.69, 9.17) is 16.3 Å². The Balaban J connectivity index is 2.29. The molecule has 0 saturated heterocycles. The molecule has 0 aliphatic carbocycles. The Morgan fingerprint density at radius 1 is 0.781 bits per heavy atom. The van der Waals surface area contributed by atoms with Crippen LogP contribution in [0.4, 0.5) is 0 Å². The van der Waals surface area contributed by atoms with Crippen molar-refractivity contribution in [3.8, 4) is 16.9 Å². The molecule has 0 heterocycles. The second-order valence-electron chi connectivity index (χ2n) is 8.29. The summed E-state index contributed by atoms with van der Waals surface area (Å²) >= 11 is 6.22. The lowest BCUT2D eigenvalue weighted by Gasteiger charge is -2.21. The minimum Gasteiger partial charge on any atom is -0.478 e. The standard InChI is InChI=1S/C27H27ClO4/c1-13-11-14(2)22(16(4)15(13)3)27(31)32-25-18(6)17(5)23(26(29)30)19(7)24(25)20-9-8-10-21(28)12-20/h8-12H,1-7H3,(H,29,30). The van der Waals surface area contributed by atoms with Gasteiger partial charge in [-0.1, -0.05) is 29.8 Å². The van der Waals surface area contributed by atoms with Crippen LogP contribution in [0, 0.1) is 48.5 Å². The molecule has 0 aliphatic rings. The Bertz CT molecular complexity index is 1270. The van der Waals surface area contributed by atoms with Crippen LogP contribution in [0.3, 0.4) is 0 Å². The van der Waals surface area contributed by atoms with Crippen molar-refractivity contribution in [2.75, 3.05) is 0 Å². The fourth-order valence-corrected chi connectivity index (χ4v) is 4.49. The smallest absolute Gasteiger partial charge is 0.344 e. The van der Waals surface area contributed by atoms with Gasteiger partial charge < -0.3 is 9.84 Å². The number of ether oxygens (including phenoxy) is 1. The van der Waals surface area contributed by atoms with Crippen LogP contribution in [-0.4, -0.2) is 17.0 Å². The van der Waals surface area contributed by atoms with Crippen molar-refractivity contribution in [3.63, 3.8) is 0 Å². The molecule has 0 spiro atoms. The molecule has 5 heteroatoms. The van der Waals surface area contributed by atoms with Crippen LogP contribution in [0.15, 0.2) is 30.3 Å². The van der Waals surface area contributed by atoms with E-state index in [1.807, 2.05) is 39.8 Å². The maximum Gasteiger partial charge on any atom is 0.344 e. The Morgan fingerprint density at radius 3 is 2.00 bits per heavy atom. The monoisotopic (exact) mass is 450 g/mol. The van der Waals surface area contributed by atoms with Crippen molar-refractivity contribution >= 4 is 23.5 Å². The van der Waals surface area contributed by atoms with E-state index in [9.17, 15) is 14.7 Å². The lowest BCUT2D eigenvalue weighted by atomic mass is 9.88. The number of aromatic carboxylic acids is 1. The van der Waals surface area contributed by atoms with Gasteiger partial charge in [-0.25, -0.2) is 9.59 Å². The molecule has 0 atom stereocenters. The number of carboxylic acids is 1. The van der Waals surface area contributed by atoms with E-state index in [2.05, 4.69) is 0 Å². The highest BCUT2D eigenvalue weighted by Gasteiger charge is 2.26. The van der Waals surface area contributed by atoms with Crippen LogP contribution in [0.2, 0.25) is 5.02 Å². The zero-order valence-electron chi connectivity index (χ0n) is 19.4. The number of carboxylic acid groups (broad SMARTS) is 1. The van der Waals surface area contributed by atoms with Crippen molar-refractivity contribution in [1.82, 2.24) is 0 Å². The van der Waals surface area contributed by atoms with Crippen molar-refractivity contribution in [2.24, 2.45) is 0 Å². The van der Waals surface area contributed by atoms with Crippen LogP contribution in [0.5, 0.6) is 5.75 Å². The summed E-state index contributed by atoms with van der Waals surface area (Å²) in [5, 5.41) is 10.4. The summed E-state index contributed by atoms with van der Waals surface area (Å²) in [6.07, 6.45) is 0. The number of hydrogen-bond donors (Lipinski definition) is 1. The van der Waals surface area contributed by atoms with Gasteiger partial charge in [0.1, 0.15) is 5.75 Å². The molecular weight excluding hydrogens is 424 g/mol. The molecule has 166 valence electrons. The molecule has 3 aromatic rings. The fourth-order valence-electron chi connectivity index (χ4n) is 4.30. The average Bonchev–Trinajstić information content (AvgIpc) is 2.70. The van der Waals surface area contributed by atoms with Gasteiger partial charge in [-0.2, -0.15) is 0 Å². The molecule has 3 rings (SSSR count). The highest BCUT2D eigenvalue weighted by molar-refractivity contribution is 6.30. The van der Waals surface area contributed by atoms with Gasteiger partial charge in [0.15, 0.2) is 0 Å². The Labute approximate surface area is 193 Å². The van der Waals surface area contributed by atoms with Gasteiger partial charge in [-0.05, 0) is 105 Å². The molecule has 0 amide bonds. The third-order valence-electron chi connectivity index (χ3n) is 6.34.